The summed E-state index contributed by atoms with van der Waals surface area (Å²) < 4.78 is 1.46. The average Bonchev–Trinajstić information content (AvgIpc) is 3.15. The van der Waals surface area contributed by atoms with Gasteiger partial charge >= 0.3 is 5.69 Å². The Bertz CT molecular complexity index is 979. The molecule has 0 spiro atoms. The van der Waals surface area contributed by atoms with Crippen LogP contribution in [0.4, 0.5) is 0 Å². The van der Waals surface area contributed by atoms with E-state index in [-0.39, 0.29) is 5.69 Å². The number of rotatable bonds is 2. The minimum Gasteiger partial charge on any atom is -0.346 e. The number of aromatic nitrogens is 5. The zero-order chi connectivity index (χ0) is 14.2. The summed E-state index contributed by atoms with van der Waals surface area (Å²) in [7, 11) is 0. The molecule has 0 fully saturated rings. The smallest absolute Gasteiger partial charge is 0.331 e. The van der Waals surface area contributed by atoms with Gasteiger partial charge in [0.25, 0.3) is 0 Å². The molecule has 0 bridgehead atoms. The van der Waals surface area contributed by atoms with Crippen molar-refractivity contribution in [1.82, 2.24) is 24.5 Å². The Labute approximate surface area is 119 Å². The Kier molecular flexibility index (Phi) is 2.47. The van der Waals surface area contributed by atoms with E-state index in [0.717, 1.165) is 22.2 Å². The molecule has 6 heteroatoms. The van der Waals surface area contributed by atoms with Crippen LogP contribution < -0.4 is 5.69 Å². The number of aromatic amines is 2. The molecule has 0 amide bonds. The Morgan fingerprint density at radius 2 is 1.95 bits per heavy atom. The number of imidazole rings is 1. The van der Waals surface area contributed by atoms with Gasteiger partial charge in [-0.3, -0.25) is 4.57 Å². The van der Waals surface area contributed by atoms with Crippen molar-refractivity contribution in [3.8, 4) is 16.9 Å². The van der Waals surface area contributed by atoms with E-state index in [1.807, 2.05) is 24.4 Å². The lowest BCUT2D eigenvalue weighted by Gasteiger charge is -2.05. The molecule has 4 rings (SSSR count). The fourth-order valence-corrected chi connectivity index (χ4v) is 2.33. The average molecular weight is 277 g/mol. The predicted molar refractivity (Wildman–Crippen MR) is 79.3 cm³/mol. The first-order valence-corrected chi connectivity index (χ1v) is 6.47. The summed E-state index contributed by atoms with van der Waals surface area (Å²) in [5.74, 6) is 0.577. The number of nitrogens with one attached hydrogen (secondary N) is 2. The Hall–Kier alpha value is -3.15. The highest BCUT2D eigenvalue weighted by Gasteiger charge is 2.06. The van der Waals surface area contributed by atoms with Crippen molar-refractivity contribution < 1.29 is 0 Å². The maximum absolute atomic E-state index is 11.7. The summed E-state index contributed by atoms with van der Waals surface area (Å²) in [6.45, 7) is 0. The molecule has 0 aliphatic carbocycles. The minimum atomic E-state index is -0.209. The normalized spacial score (nSPS) is 11.0. The molecule has 0 saturated carbocycles. The molecule has 0 aliphatic rings. The fourth-order valence-electron chi connectivity index (χ4n) is 2.33. The molecule has 102 valence electrons. The van der Waals surface area contributed by atoms with E-state index in [1.54, 1.807) is 24.8 Å². The van der Waals surface area contributed by atoms with E-state index in [1.165, 1.54) is 4.57 Å². The van der Waals surface area contributed by atoms with Gasteiger partial charge in [-0.1, -0.05) is 0 Å². The molecule has 4 aromatic rings. The van der Waals surface area contributed by atoms with Crippen molar-refractivity contribution in [2.24, 2.45) is 0 Å². The van der Waals surface area contributed by atoms with Crippen molar-refractivity contribution in [3.63, 3.8) is 0 Å². The van der Waals surface area contributed by atoms with Crippen LogP contribution in [0.1, 0.15) is 0 Å². The summed E-state index contributed by atoms with van der Waals surface area (Å²) >= 11 is 0. The van der Waals surface area contributed by atoms with Gasteiger partial charge in [-0.25, -0.2) is 14.8 Å². The van der Waals surface area contributed by atoms with Gasteiger partial charge in [0.15, 0.2) is 0 Å². The molecule has 6 nitrogen and oxygen atoms in total. The number of hydrogen-bond donors (Lipinski definition) is 2. The van der Waals surface area contributed by atoms with Gasteiger partial charge in [0.05, 0.1) is 0 Å². The van der Waals surface area contributed by atoms with Crippen molar-refractivity contribution in [2.45, 2.75) is 0 Å². The first kappa shape index (κ1) is 11.7. The summed E-state index contributed by atoms with van der Waals surface area (Å²) in [4.78, 5) is 25.9. The van der Waals surface area contributed by atoms with Gasteiger partial charge in [-0.2, -0.15) is 0 Å². The minimum absolute atomic E-state index is 0.209. The highest BCUT2D eigenvalue weighted by molar-refractivity contribution is 5.81. The van der Waals surface area contributed by atoms with Gasteiger partial charge in [-0.15, -0.1) is 0 Å². The molecular formula is C15H11N5O. The van der Waals surface area contributed by atoms with Crippen molar-refractivity contribution in [3.05, 3.63) is 65.7 Å². The first-order valence-electron chi connectivity index (χ1n) is 6.47. The monoisotopic (exact) mass is 277 g/mol. The second-order valence-electron chi connectivity index (χ2n) is 4.68. The lowest BCUT2D eigenvalue weighted by molar-refractivity contribution is 0.941. The van der Waals surface area contributed by atoms with Crippen LogP contribution in [0.25, 0.3) is 28.0 Å². The Morgan fingerprint density at radius 1 is 1.00 bits per heavy atom. The third kappa shape index (κ3) is 1.93. The van der Waals surface area contributed by atoms with E-state index < -0.39 is 0 Å². The second kappa shape index (κ2) is 4.45. The zero-order valence-corrected chi connectivity index (χ0v) is 10.9. The molecule has 0 atom stereocenters. The molecule has 2 N–H and O–H groups in total. The predicted octanol–water partition coefficient (Wildman–Crippen LogP) is 2.10. The van der Waals surface area contributed by atoms with Crippen molar-refractivity contribution in [2.75, 3.05) is 0 Å². The number of nitrogens with zero attached hydrogens (tertiary/aromatic N) is 3. The van der Waals surface area contributed by atoms with Crippen LogP contribution in [0.5, 0.6) is 0 Å². The summed E-state index contributed by atoms with van der Waals surface area (Å²) in [6.07, 6.45) is 8.59. The van der Waals surface area contributed by atoms with E-state index in [4.69, 9.17) is 0 Å². The molecule has 0 unspecified atom stereocenters. The van der Waals surface area contributed by atoms with E-state index >= 15 is 0 Å². The fraction of sp³-hybridized carbons (Fsp3) is 0. The van der Waals surface area contributed by atoms with Crippen LogP contribution in [-0.2, 0) is 0 Å². The highest BCUT2D eigenvalue weighted by Crippen LogP contribution is 2.23. The number of H-pyrrole nitrogens is 2. The standard InChI is InChI=1S/C15H11N5O/c21-15-18-5-6-20(15)13-8-10(1-3-16-13)12-7-11-2-4-17-14(11)19-9-12/h1-9H,(H,17,19)(H,18,21). The molecule has 0 aromatic carbocycles. The van der Waals surface area contributed by atoms with Gasteiger partial charge in [0.2, 0.25) is 0 Å². The zero-order valence-electron chi connectivity index (χ0n) is 10.9. The maximum atomic E-state index is 11.7. The topological polar surface area (TPSA) is 79.4 Å². The van der Waals surface area contributed by atoms with Crippen molar-refractivity contribution in [1.29, 1.82) is 0 Å². The molecular weight excluding hydrogens is 266 g/mol. The van der Waals surface area contributed by atoms with Crippen molar-refractivity contribution >= 4 is 11.0 Å². The van der Waals surface area contributed by atoms with Gasteiger partial charge in [0, 0.05) is 41.9 Å². The molecule has 0 saturated heterocycles. The Balaban J connectivity index is 1.85. The van der Waals surface area contributed by atoms with E-state index in [9.17, 15) is 4.79 Å². The third-order valence-electron chi connectivity index (χ3n) is 3.37. The quantitative estimate of drug-likeness (QED) is 0.589. The lowest BCUT2D eigenvalue weighted by Crippen LogP contribution is -2.15. The largest absolute Gasteiger partial charge is 0.346 e. The van der Waals surface area contributed by atoms with Gasteiger partial charge < -0.3 is 9.97 Å². The molecule has 0 radical (unpaired) electrons. The third-order valence-corrected chi connectivity index (χ3v) is 3.37. The molecule has 0 aliphatic heterocycles. The van der Waals surface area contributed by atoms with E-state index in [0.29, 0.717) is 5.82 Å². The molecule has 4 heterocycles. The van der Waals surface area contributed by atoms with Gasteiger partial charge in [-0.05, 0) is 29.8 Å². The van der Waals surface area contributed by atoms with Crippen LogP contribution in [0, 0.1) is 0 Å². The van der Waals surface area contributed by atoms with Crippen LogP contribution in [0.15, 0.2) is 60.0 Å². The van der Waals surface area contributed by atoms with Crippen LogP contribution in [-0.4, -0.2) is 24.5 Å². The Morgan fingerprint density at radius 3 is 2.81 bits per heavy atom. The summed E-state index contributed by atoms with van der Waals surface area (Å²) in [6, 6.07) is 7.80. The van der Waals surface area contributed by atoms with Crippen LogP contribution in [0.2, 0.25) is 0 Å². The number of pyridine rings is 2. The maximum Gasteiger partial charge on any atom is 0.331 e. The highest BCUT2D eigenvalue weighted by atomic mass is 16.1. The number of fused-ring (bicyclic) bond motifs is 1. The van der Waals surface area contributed by atoms with E-state index in [2.05, 4.69) is 26.0 Å². The molecule has 4 aromatic heterocycles. The van der Waals surface area contributed by atoms with Gasteiger partial charge in [0.1, 0.15) is 11.5 Å². The number of hydrogen-bond acceptors (Lipinski definition) is 3. The summed E-state index contributed by atoms with van der Waals surface area (Å²) in [5, 5.41) is 1.05. The lowest BCUT2D eigenvalue weighted by atomic mass is 10.1. The first-order chi connectivity index (χ1) is 10.3. The van der Waals surface area contributed by atoms with Crippen LogP contribution in [0.3, 0.4) is 0 Å². The summed E-state index contributed by atoms with van der Waals surface area (Å²) in [5.41, 5.74) is 2.59. The second-order valence-corrected chi connectivity index (χ2v) is 4.68. The SMILES string of the molecule is O=c1[nH]ccn1-c1cc(-c2cnc3[nH]ccc3c2)ccn1. The van der Waals surface area contributed by atoms with Crippen LogP contribution >= 0.6 is 0 Å². The molecule has 21 heavy (non-hydrogen) atoms.